The van der Waals surface area contributed by atoms with Gasteiger partial charge in [0.1, 0.15) is 23.6 Å². The van der Waals surface area contributed by atoms with Crippen LogP contribution in [0.5, 0.6) is 11.5 Å². The third-order valence-electron chi connectivity index (χ3n) is 5.37. The molecule has 0 fully saturated rings. The molecule has 0 unspecified atom stereocenters. The first-order valence-corrected chi connectivity index (χ1v) is 10.8. The van der Waals surface area contributed by atoms with Gasteiger partial charge in [0.2, 0.25) is 0 Å². The summed E-state index contributed by atoms with van der Waals surface area (Å²) < 4.78 is 10.6. The van der Waals surface area contributed by atoms with Crippen LogP contribution in [0.4, 0.5) is 11.5 Å². The molecular weight excluding hydrogens is 428 g/mol. The molecule has 172 valence electrons. The molecule has 0 aliphatic carbocycles. The Labute approximate surface area is 198 Å². The fourth-order valence-corrected chi connectivity index (χ4v) is 3.44. The van der Waals surface area contributed by atoms with Crippen molar-refractivity contribution < 1.29 is 14.3 Å². The molecule has 0 saturated heterocycles. The molecule has 4 aromatic rings. The van der Waals surface area contributed by atoms with Crippen molar-refractivity contribution in [3.05, 3.63) is 95.8 Å². The topological polar surface area (TPSA) is 85.4 Å². The van der Waals surface area contributed by atoms with Crippen LogP contribution in [0.25, 0.3) is 11.3 Å². The minimum atomic E-state index is -0.173. The van der Waals surface area contributed by atoms with Gasteiger partial charge in [-0.15, -0.1) is 0 Å². The molecule has 0 atom stereocenters. The summed E-state index contributed by atoms with van der Waals surface area (Å²) in [6.45, 7) is 2.39. The molecule has 1 amide bonds. The van der Waals surface area contributed by atoms with Gasteiger partial charge in [-0.05, 0) is 43.3 Å². The highest BCUT2D eigenvalue weighted by molar-refractivity contribution is 5.94. The number of carbonyl (C=O) groups excluding carboxylic acids is 1. The molecule has 2 N–H and O–H groups in total. The van der Waals surface area contributed by atoms with Crippen LogP contribution in [0.2, 0.25) is 0 Å². The Hall–Kier alpha value is -4.39. The van der Waals surface area contributed by atoms with E-state index in [0.717, 1.165) is 22.5 Å². The SMILES string of the molecule is COc1ccc(CNC(=O)c2ccc(Nc3cc(-c4ccc(C)cc4)ncn3)cc2)c(OC)c1. The average molecular weight is 455 g/mol. The molecule has 7 nitrogen and oxygen atoms in total. The first-order chi connectivity index (χ1) is 16.6. The lowest BCUT2D eigenvalue weighted by Gasteiger charge is -2.12. The third kappa shape index (κ3) is 5.50. The number of aryl methyl sites for hydroxylation is 1. The highest BCUT2D eigenvalue weighted by Gasteiger charge is 2.10. The predicted molar refractivity (Wildman–Crippen MR) is 133 cm³/mol. The van der Waals surface area contributed by atoms with Crippen LogP contribution in [0.15, 0.2) is 79.1 Å². The lowest BCUT2D eigenvalue weighted by Crippen LogP contribution is -2.23. The Morgan fingerprint density at radius 3 is 2.35 bits per heavy atom. The van der Waals surface area contributed by atoms with E-state index in [1.165, 1.54) is 11.9 Å². The maximum atomic E-state index is 12.6. The second kappa shape index (κ2) is 10.5. The molecule has 1 heterocycles. The highest BCUT2D eigenvalue weighted by atomic mass is 16.5. The molecule has 3 aromatic carbocycles. The second-order valence-electron chi connectivity index (χ2n) is 7.72. The van der Waals surface area contributed by atoms with Crippen LogP contribution >= 0.6 is 0 Å². The number of carbonyl (C=O) groups is 1. The van der Waals surface area contributed by atoms with Crippen molar-refractivity contribution in [3.63, 3.8) is 0 Å². The smallest absolute Gasteiger partial charge is 0.251 e. The first kappa shape index (κ1) is 22.8. The van der Waals surface area contributed by atoms with E-state index in [4.69, 9.17) is 9.47 Å². The van der Waals surface area contributed by atoms with Gasteiger partial charge in [-0.1, -0.05) is 29.8 Å². The summed E-state index contributed by atoms with van der Waals surface area (Å²) in [5.41, 5.74) is 5.30. The van der Waals surface area contributed by atoms with Gasteiger partial charge >= 0.3 is 0 Å². The van der Waals surface area contributed by atoms with Crippen molar-refractivity contribution in [3.8, 4) is 22.8 Å². The minimum Gasteiger partial charge on any atom is -0.497 e. The monoisotopic (exact) mass is 454 g/mol. The number of anilines is 2. The summed E-state index contributed by atoms with van der Waals surface area (Å²) in [7, 11) is 3.19. The molecule has 4 rings (SSSR count). The van der Waals surface area contributed by atoms with E-state index in [2.05, 4.69) is 39.7 Å². The van der Waals surface area contributed by atoms with E-state index in [1.54, 1.807) is 32.4 Å². The average Bonchev–Trinajstić information content (AvgIpc) is 2.88. The number of hydrogen-bond donors (Lipinski definition) is 2. The van der Waals surface area contributed by atoms with Crippen LogP contribution in [-0.2, 0) is 6.54 Å². The Balaban J connectivity index is 1.39. The fraction of sp³-hybridized carbons (Fsp3) is 0.148. The van der Waals surface area contributed by atoms with E-state index in [9.17, 15) is 4.79 Å². The van der Waals surface area contributed by atoms with E-state index in [1.807, 2.05) is 42.5 Å². The largest absolute Gasteiger partial charge is 0.497 e. The normalized spacial score (nSPS) is 10.4. The van der Waals surface area contributed by atoms with Gasteiger partial charge in [0.05, 0.1) is 19.9 Å². The molecule has 0 bridgehead atoms. The summed E-state index contributed by atoms with van der Waals surface area (Å²) >= 11 is 0. The first-order valence-electron chi connectivity index (χ1n) is 10.8. The van der Waals surface area contributed by atoms with E-state index >= 15 is 0 Å². The van der Waals surface area contributed by atoms with Crippen LogP contribution in [0.1, 0.15) is 21.5 Å². The summed E-state index contributed by atoms with van der Waals surface area (Å²) in [5.74, 6) is 1.86. The number of amides is 1. The van der Waals surface area contributed by atoms with E-state index in [-0.39, 0.29) is 5.91 Å². The molecule has 0 saturated carbocycles. The number of nitrogens with one attached hydrogen (secondary N) is 2. The van der Waals surface area contributed by atoms with Crippen LogP contribution < -0.4 is 20.1 Å². The Morgan fingerprint density at radius 2 is 1.65 bits per heavy atom. The maximum absolute atomic E-state index is 12.6. The van der Waals surface area contributed by atoms with Gasteiger partial charge in [0.25, 0.3) is 5.91 Å². The summed E-state index contributed by atoms with van der Waals surface area (Å²) in [6.07, 6.45) is 1.53. The fourth-order valence-electron chi connectivity index (χ4n) is 3.44. The van der Waals surface area contributed by atoms with Crippen LogP contribution in [-0.4, -0.2) is 30.1 Å². The molecule has 1 aromatic heterocycles. The molecule has 7 heteroatoms. The van der Waals surface area contributed by atoms with E-state index in [0.29, 0.717) is 29.4 Å². The third-order valence-corrected chi connectivity index (χ3v) is 5.37. The number of hydrogen-bond acceptors (Lipinski definition) is 6. The number of ether oxygens (including phenoxy) is 2. The van der Waals surface area contributed by atoms with Crippen LogP contribution in [0, 0.1) is 6.92 Å². The zero-order chi connectivity index (χ0) is 23.9. The number of nitrogens with zero attached hydrogens (tertiary/aromatic N) is 2. The number of methoxy groups -OCH3 is 2. The lowest BCUT2D eigenvalue weighted by atomic mass is 10.1. The van der Waals surface area contributed by atoms with Gasteiger partial charge in [-0.3, -0.25) is 4.79 Å². The Morgan fingerprint density at radius 1 is 0.882 bits per heavy atom. The maximum Gasteiger partial charge on any atom is 0.251 e. The van der Waals surface area contributed by atoms with Crippen LogP contribution in [0.3, 0.4) is 0 Å². The molecule has 0 radical (unpaired) electrons. The van der Waals surface area contributed by atoms with Crippen molar-refractivity contribution in [1.29, 1.82) is 0 Å². The van der Waals surface area contributed by atoms with Crippen molar-refractivity contribution in [2.45, 2.75) is 13.5 Å². The van der Waals surface area contributed by atoms with Gasteiger partial charge in [-0.25, -0.2) is 9.97 Å². The van der Waals surface area contributed by atoms with Crippen molar-refractivity contribution in [2.24, 2.45) is 0 Å². The molecule has 0 aliphatic rings. The summed E-state index contributed by atoms with van der Waals surface area (Å²) in [5, 5.41) is 6.19. The Kier molecular flexibility index (Phi) is 7.03. The van der Waals surface area contributed by atoms with Gasteiger partial charge in [0.15, 0.2) is 0 Å². The number of benzene rings is 3. The number of aromatic nitrogens is 2. The zero-order valence-corrected chi connectivity index (χ0v) is 19.3. The predicted octanol–water partition coefficient (Wildman–Crippen LogP) is 5.14. The minimum absolute atomic E-state index is 0.173. The second-order valence-corrected chi connectivity index (χ2v) is 7.72. The van der Waals surface area contributed by atoms with Gasteiger partial charge in [0, 0.05) is 41.1 Å². The zero-order valence-electron chi connectivity index (χ0n) is 19.3. The van der Waals surface area contributed by atoms with Crippen molar-refractivity contribution in [1.82, 2.24) is 15.3 Å². The summed E-state index contributed by atoms with van der Waals surface area (Å²) in [4.78, 5) is 21.3. The Bertz CT molecular complexity index is 1270. The van der Waals surface area contributed by atoms with Crippen molar-refractivity contribution in [2.75, 3.05) is 19.5 Å². The summed E-state index contributed by atoms with van der Waals surface area (Å²) in [6, 6.07) is 22.8. The highest BCUT2D eigenvalue weighted by Crippen LogP contribution is 2.25. The molecular formula is C27H26N4O3. The quantitative estimate of drug-likeness (QED) is 0.383. The van der Waals surface area contributed by atoms with Gasteiger partial charge < -0.3 is 20.1 Å². The standard InChI is InChI=1S/C27H26N4O3/c1-18-4-6-19(7-5-18)24-15-26(30-17-29-24)31-22-11-8-20(9-12-22)27(32)28-16-21-10-13-23(33-2)14-25(21)34-3/h4-15,17H,16H2,1-3H3,(H,28,32)(H,29,30,31). The number of rotatable bonds is 8. The molecule has 0 aliphatic heterocycles. The molecule has 0 spiro atoms. The lowest BCUT2D eigenvalue weighted by molar-refractivity contribution is 0.0950. The van der Waals surface area contributed by atoms with Crippen molar-refractivity contribution >= 4 is 17.4 Å². The van der Waals surface area contributed by atoms with E-state index < -0.39 is 0 Å². The van der Waals surface area contributed by atoms with Gasteiger partial charge in [-0.2, -0.15) is 0 Å². The molecule has 34 heavy (non-hydrogen) atoms.